The fraction of sp³-hybridized carbons (Fsp3) is 0.182. The van der Waals surface area contributed by atoms with Crippen molar-refractivity contribution in [3.05, 3.63) is 45.2 Å². The van der Waals surface area contributed by atoms with Gasteiger partial charge in [0, 0.05) is 24.2 Å². The molecule has 0 spiro atoms. The Morgan fingerprint density at radius 2 is 2.07 bits per heavy atom. The number of hydrogen-bond acceptors (Lipinski definition) is 1. The van der Waals surface area contributed by atoms with E-state index in [1.807, 2.05) is 18.5 Å². The van der Waals surface area contributed by atoms with Crippen LogP contribution in [0, 0.1) is 6.92 Å². The van der Waals surface area contributed by atoms with Crippen LogP contribution < -0.4 is 5.43 Å². The lowest BCUT2D eigenvalue weighted by atomic mass is 10.2. The van der Waals surface area contributed by atoms with Crippen molar-refractivity contribution in [3.63, 3.8) is 0 Å². The molecule has 14 heavy (non-hydrogen) atoms. The number of benzene rings is 1. The fourth-order valence-electron chi connectivity index (χ4n) is 1.60. The number of aromatic nitrogens is 1. The third-order valence-corrected chi connectivity index (χ3v) is 2.76. The highest BCUT2D eigenvalue weighted by atomic mass is 35.5. The number of halogens is 1. The second-order valence-corrected chi connectivity index (χ2v) is 3.75. The minimum Gasteiger partial charge on any atom is -0.347 e. The lowest BCUT2D eigenvalue weighted by Gasteiger charge is -2.09. The summed E-state index contributed by atoms with van der Waals surface area (Å²) in [6, 6.07) is 7.01. The van der Waals surface area contributed by atoms with Crippen LogP contribution in [-0.4, -0.2) is 4.57 Å². The largest absolute Gasteiger partial charge is 0.347 e. The molecule has 0 saturated carbocycles. The summed E-state index contributed by atoms with van der Waals surface area (Å²) in [5, 5.41) is 1.29. The van der Waals surface area contributed by atoms with Crippen LogP contribution in [0.15, 0.2) is 29.1 Å². The topological polar surface area (TPSA) is 22.0 Å². The number of fused-ring (bicyclic) bond motifs is 1. The second-order valence-electron chi connectivity index (χ2n) is 3.34. The van der Waals surface area contributed by atoms with Crippen molar-refractivity contribution in [2.75, 3.05) is 0 Å². The van der Waals surface area contributed by atoms with Crippen LogP contribution in [0.4, 0.5) is 0 Å². The fourth-order valence-corrected chi connectivity index (χ4v) is 1.90. The van der Waals surface area contributed by atoms with E-state index in [1.54, 1.807) is 24.3 Å². The summed E-state index contributed by atoms with van der Waals surface area (Å²) in [4.78, 5) is 11.6. The van der Waals surface area contributed by atoms with Crippen molar-refractivity contribution in [3.8, 4) is 0 Å². The zero-order valence-corrected chi connectivity index (χ0v) is 8.80. The highest BCUT2D eigenvalue weighted by Gasteiger charge is 2.05. The van der Waals surface area contributed by atoms with Crippen molar-refractivity contribution in [2.24, 2.45) is 7.05 Å². The number of aryl methyl sites for hydroxylation is 2. The molecule has 2 nitrogen and oxygen atoms in total. The normalized spacial score (nSPS) is 10.8. The van der Waals surface area contributed by atoms with E-state index in [4.69, 9.17) is 11.6 Å². The van der Waals surface area contributed by atoms with Gasteiger partial charge in [-0.15, -0.1) is 0 Å². The van der Waals surface area contributed by atoms with Gasteiger partial charge in [0.2, 0.25) is 0 Å². The molecule has 0 aliphatic rings. The Bertz CT molecular complexity index is 557. The third kappa shape index (κ3) is 1.23. The predicted octanol–water partition coefficient (Wildman–Crippen LogP) is 2.50. The van der Waals surface area contributed by atoms with Crippen LogP contribution in [0.1, 0.15) is 5.69 Å². The minimum absolute atomic E-state index is 0.0260. The molecule has 0 saturated heterocycles. The monoisotopic (exact) mass is 207 g/mol. The molecule has 0 N–H and O–H groups in total. The smallest absolute Gasteiger partial charge is 0.189 e. The molecule has 0 aliphatic heterocycles. The van der Waals surface area contributed by atoms with Crippen LogP contribution in [0.25, 0.3) is 10.9 Å². The first kappa shape index (κ1) is 9.28. The van der Waals surface area contributed by atoms with Gasteiger partial charge in [0.25, 0.3) is 0 Å². The average molecular weight is 208 g/mol. The van der Waals surface area contributed by atoms with Gasteiger partial charge in [-0.25, -0.2) is 0 Å². The van der Waals surface area contributed by atoms with Crippen LogP contribution in [0.3, 0.4) is 0 Å². The van der Waals surface area contributed by atoms with Gasteiger partial charge in [0.15, 0.2) is 5.43 Å². The Kier molecular flexibility index (Phi) is 2.08. The molecule has 2 rings (SSSR count). The van der Waals surface area contributed by atoms with Crippen molar-refractivity contribution < 1.29 is 0 Å². The van der Waals surface area contributed by atoms with E-state index in [9.17, 15) is 4.79 Å². The van der Waals surface area contributed by atoms with Crippen LogP contribution in [0.5, 0.6) is 0 Å². The van der Waals surface area contributed by atoms with Gasteiger partial charge in [-0.2, -0.15) is 0 Å². The summed E-state index contributed by atoms with van der Waals surface area (Å²) in [6.07, 6.45) is 0. The summed E-state index contributed by atoms with van der Waals surface area (Å²) >= 11 is 6.05. The second kappa shape index (κ2) is 3.14. The summed E-state index contributed by atoms with van der Waals surface area (Å²) in [5.74, 6) is 0. The number of hydrogen-bond donors (Lipinski definition) is 0. The van der Waals surface area contributed by atoms with Crippen molar-refractivity contribution >= 4 is 22.5 Å². The van der Waals surface area contributed by atoms with E-state index >= 15 is 0 Å². The summed E-state index contributed by atoms with van der Waals surface area (Å²) in [7, 11) is 1.91. The molecular formula is C11H10ClNO. The first-order chi connectivity index (χ1) is 6.61. The van der Waals surface area contributed by atoms with Gasteiger partial charge in [0.1, 0.15) is 0 Å². The molecule has 3 heteroatoms. The quantitative estimate of drug-likeness (QED) is 0.651. The lowest BCUT2D eigenvalue weighted by molar-refractivity contribution is 0.898. The summed E-state index contributed by atoms with van der Waals surface area (Å²) < 4.78 is 1.93. The maximum atomic E-state index is 11.6. The van der Waals surface area contributed by atoms with Crippen molar-refractivity contribution in [1.82, 2.24) is 4.57 Å². The van der Waals surface area contributed by atoms with Crippen molar-refractivity contribution in [1.29, 1.82) is 0 Å². The van der Waals surface area contributed by atoms with Crippen LogP contribution in [0.2, 0.25) is 5.02 Å². The predicted molar refractivity (Wildman–Crippen MR) is 58.9 cm³/mol. The lowest BCUT2D eigenvalue weighted by Crippen LogP contribution is -2.09. The SMILES string of the molecule is Cc1cc(=O)c2cccc(Cl)c2n1C. The number of nitrogens with zero attached hydrogens (tertiary/aromatic N) is 1. The number of para-hydroxylation sites is 1. The molecule has 0 fully saturated rings. The van der Waals surface area contributed by atoms with Crippen LogP contribution in [-0.2, 0) is 7.05 Å². The molecule has 1 heterocycles. The van der Waals surface area contributed by atoms with E-state index in [-0.39, 0.29) is 5.43 Å². The zero-order chi connectivity index (χ0) is 10.3. The van der Waals surface area contributed by atoms with Gasteiger partial charge in [-0.05, 0) is 19.1 Å². The molecule has 0 unspecified atom stereocenters. The molecule has 0 atom stereocenters. The van der Waals surface area contributed by atoms with Gasteiger partial charge >= 0.3 is 0 Å². The van der Waals surface area contributed by atoms with E-state index < -0.39 is 0 Å². The minimum atomic E-state index is 0.0260. The first-order valence-corrected chi connectivity index (χ1v) is 4.74. The van der Waals surface area contributed by atoms with E-state index in [1.165, 1.54) is 0 Å². The molecular weight excluding hydrogens is 198 g/mol. The molecule has 2 aromatic rings. The molecule has 72 valence electrons. The van der Waals surface area contributed by atoms with E-state index in [2.05, 4.69) is 0 Å². The highest BCUT2D eigenvalue weighted by molar-refractivity contribution is 6.35. The third-order valence-electron chi connectivity index (χ3n) is 2.46. The maximum absolute atomic E-state index is 11.6. The molecule has 0 radical (unpaired) electrons. The highest BCUT2D eigenvalue weighted by Crippen LogP contribution is 2.20. The van der Waals surface area contributed by atoms with E-state index in [0.717, 1.165) is 11.2 Å². The molecule has 0 bridgehead atoms. The van der Waals surface area contributed by atoms with E-state index in [0.29, 0.717) is 10.4 Å². The van der Waals surface area contributed by atoms with Gasteiger partial charge in [-0.3, -0.25) is 4.79 Å². The number of rotatable bonds is 0. The maximum Gasteiger partial charge on any atom is 0.189 e. The van der Waals surface area contributed by atoms with Crippen LogP contribution >= 0.6 is 11.6 Å². The Balaban J connectivity index is 3.11. The average Bonchev–Trinajstić information content (AvgIpc) is 2.14. The molecule has 1 aromatic carbocycles. The van der Waals surface area contributed by atoms with Crippen molar-refractivity contribution in [2.45, 2.75) is 6.92 Å². The van der Waals surface area contributed by atoms with Gasteiger partial charge in [-0.1, -0.05) is 17.7 Å². The van der Waals surface area contributed by atoms with Gasteiger partial charge < -0.3 is 4.57 Å². The Morgan fingerprint density at radius 3 is 2.79 bits per heavy atom. The van der Waals surface area contributed by atoms with Gasteiger partial charge in [0.05, 0.1) is 10.5 Å². The first-order valence-electron chi connectivity index (χ1n) is 4.36. The zero-order valence-electron chi connectivity index (χ0n) is 8.04. The molecule has 0 aliphatic carbocycles. The molecule has 0 amide bonds. The Labute approximate surface area is 86.7 Å². The number of pyridine rings is 1. The Hall–Kier alpha value is -1.28. The summed E-state index contributed by atoms with van der Waals surface area (Å²) in [6.45, 7) is 1.89. The Morgan fingerprint density at radius 1 is 1.36 bits per heavy atom. The standard InChI is InChI=1S/C11H10ClNO/c1-7-6-10(14)8-4-3-5-9(12)11(8)13(7)2/h3-6H,1-2H3. The molecule has 1 aromatic heterocycles. The summed E-state index contributed by atoms with van der Waals surface area (Å²) in [5.41, 5.74) is 1.74.